The van der Waals surface area contributed by atoms with Crippen LogP contribution >= 0.6 is 0 Å². The highest BCUT2D eigenvalue weighted by atomic mass is 16.2. The van der Waals surface area contributed by atoms with Crippen LogP contribution in [0.15, 0.2) is 54.7 Å². The van der Waals surface area contributed by atoms with Crippen LogP contribution in [-0.2, 0) is 6.42 Å². The van der Waals surface area contributed by atoms with Crippen LogP contribution in [0.25, 0.3) is 0 Å². The van der Waals surface area contributed by atoms with Gasteiger partial charge in [-0.1, -0.05) is 18.2 Å². The van der Waals surface area contributed by atoms with Gasteiger partial charge >= 0.3 is 0 Å². The molecule has 1 atom stereocenters. The van der Waals surface area contributed by atoms with E-state index in [4.69, 9.17) is 9.97 Å². The fourth-order valence-electron chi connectivity index (χ4n) is 4.29. The molecule has 0 radical (unpaired) electrons. The molecule has 158 valence electrons. The van der Waals surface area contributed by atoms with Crippen molar-refractivity contribution in [2.24, 2.45) is 0 Å². The van der Waals surface area contributed by atoms with E-state index in [1.807, 2.05) is 47.5 Å². The lowest BCUT2D eigenvalue weighted by molar-refractivity contribution is 0.0790. The summed E-state index contributed by atoms with van der Waals surface area (Å²) in [4.78, 5) is 31.3. The number of pyridine rings is 1. The van der Waals surface area contributed by atoms with Crippen LogP contribution in [0, 0.1) is 6.92 Å². The summed E-state index contributed by atoms with van der Waals surface area (Å²) in [6, 6.07) is 15.8. The van der Waals surface area contributed by atoms with Gasteiger partial charge < -0.3 is 9.80 Å². The number of rotatable bonds is 5. The smallest absolute Gasteiger partial charge is 0.253 e. The molecule has 0 N–H and O–H groups in total. The minimum Gasteiger partial charge on any atom is -0.341 e. The molecule has 3 aromatic rings. The molecule has 2 aliphatic heterocycles. The number of carbonyl (C=O) groups is 1. The molecule has 0 saturated carbocycles. The van der Waals surface area contributed by atoms with E-state index in [9.17, 15) is 4.79 Å². The first kappa shape index (κ1) is 19.7. The zero-order valence-electron chi connectivity index (χ0n) is 17.9. The molecule has 2 saturated heterocycles. The first-order chi connectivity index (χ1) is 15.2. The average Bonchev–Trinajstić information content (AvgIpc) is 3.23. The van der Waals surface area contributed by atoms with Crippen LogP contribution in [0.3, 0.4) is 0 Å². The molecule has 6 nitrogen and oxygen atoms in total. The number of anilines is 1. The summed E-state index contributed by atoms with van der Waals surface area (Å²) >= 11 is 0. The monoisotopic (exact) mass is 413 g/mol. The molecule has 0 bridgehead atoms. The second-order valence-electron chi connectivity index (χ2n) is 8.53. The third-order valence-corrected chi connectivity index (χ3v) is 6.17. The van der Waals surface area contributed by atoms with Gasteiger partial charge in [0.05, 0.1) is 11.4 Å². The molecule has 1 amide bonds. The van der Waals surface area contributed by atoms with Crippen LogP contribution in [-0.4, -0.2) is 51.9 Å². The summed E-state index contributed by atoms with van der Waals surface area (Å²) in [5.74, 6) is 1.16. The van der Waals surface area contributed by atoms with Gasteiger partial charge in [-0.2, -0.15) is 0 Å². The Kier molecular flexibility index (Phi) is 5.37. The molecule has 4 heterocycles. The average molecular weight is 414 g/mol. The topological polar surface area (TPSA) is 62.2 Å². The first-order valence-electron chi connectivity index (χ1n) is 11.0. The van der Waals surface area contributed by atoms with E-state index in [2.05, 4.69) is 28.9 Å². The SMILES string of the molecule is Cc1ccnc(Cc2cc(C3CCN(C(=O)c4ccccc4)C3)nc(N3CCC3)n2)c1. The highest BCUT2D eigenvalue weighted by molar-refractivity contribution is 5.94. The third kappa shape index (κ3) is 4.29. The van der Waals surface area contributed by atoms with Gasteiger partial charge in [-0.05, 0) is 55.7 Å². The Bertz CT molecular complexity index is 1080. The highest BCUT2D eigenvalue weighted by Crippen LogP contribution is 2.29. The summed E-state index contributed by atoms with van der Waals surface area (Å²) in [6.07, 6.45) is 4.66. The third-order valence-electron chi connectivity index (χ3n) is 6.17. The van der Waals surface area contributed by atoms with Gasteiger partial charge in [0.25, 0.3) is 5.91 Å². The Hall–Kier alpha value is -3.28. The largest absolute Gasteiger partial charge is 0.341 e. The van der Waals surface area contributed by atoms with Crippen molar-refractivity contribution in [1.82, 2.24) is 19.9 Å². The molecule has 5 rings (SSSR count). The van der Waals surface area contributed by atoms with Crippen molar-refractivity contribution in [2.75, 3.05) is 31.1 Å². The van der Waals surface area contributed by atoms with Crippen LogP contribution < -0.4 is 4.90 Å². The van der Waals surface area contributed by atoms with Gasteiger partial charge in [-0.15, -0.1) is 0 Å². The number of hydrogen-bond acceptors (Lipinski definition) is 5. The molecule has 2 aliphatic rings. The zero-order chi connectivity index (χ0) is 21.2. The molecule has 0 aliphatic carbocycles. The Morgan fingerprint density at radius 1 is 1.03 bits per heavy atom. The zero-order valence-corrected chi connectivity index (χ0v) is 17.9. The fraction of sp³-hybridized carbons (Fsp3) is 0.360. The van der Waals surface area contributed by atoms with Crippen LogP contribution in [0.1, 0.15) is 51.8 Å². The van der Waals surface area contributed by atoms with Gasteiger partial charge in [0.15, 0.2) is 0 Å². The quantitative estimate of drug-likeness (QED) is 0.639. The van der Waals surface area contributed by atoms with E-state index in [-0.39, 0.29) is 11.8 Å². The second-order valence-corrected chi connectivity index (χ2v) is 8.53. The van der Waals surface area contributed by atoms with E-state index >= 15 is 0 Å². The minimum absolute atomic E-state index is 0.101. The van der Waals surface area contributed by atoms with Crippen molar-refractivity contribution in [3.63, 3.8) is 0 Å². The standard InChI is InChI=1S/C25H27N5O/c1-18-8-10-26-21(14-18)15-22-16-23(28-25(27-22)29-11-5-12-29)20-9-13-30(17-20)24(31)19-6-3-2-4-7-19/h2-4,6-8,10,14,16,20H,5,9,11-13,15,17H2,1H3. The van der Waals surface area contributed by atoms with Crippen molar-refractivity contribution in [3.8, 4) is 0 Å². The number of nitrogens with zero attached hydrogens (tertiary/aromatic N) is 5. The predicted molar refractivity (Wildman–Crippen MR) is 120 cm³/mol. The van der Waals surface area contributed by atoms with Gasteiger partial charge in [-0.3, -0.25) is 9.78 Å². The van der Waals surface area contributed by atoms with Crippen molar-refractivity contribution in [2.45, 2.75) is 32.1 Å². The number of benzene rings is 1. The van der Waals surface area contributed by atoms with Crippen LogP contribution in [0.2, 0.25) is 0 Å². The lowest BCUT2D eigenvalue weighted by Crippen LogP contribution is -2.38. The molecular weight excluding hydrogens is 386 g/mol. The van der Waals surface area contributed by atoms with Crippen molar-refractivity contribution in [1.29, 1.82) is 0 Å². The molecule has 0 spiro atoms. The first-order valence-corrected chi connectivity index (χ1v) is 11.0. The van der Waals surface area contributed by atoms with E-state index < -0.39 is 0 Å². The lowest BCUT2D eigenvalue weighted by atomic mass is 10.0. The summed E-state index contributed by atoms with van der Waals surface area (Å²) in [5.41, 5.74) is 5.01. The Morgan fingerprint density at radius 2 is 1.87 bits per heavy atom. The summed E-state index contributed by atoms with van der Waals surface area (Å²) < 4.78 is 0. The molecule has 1 aromatic carbocycles. The minimum atomic E-state index is 0.101. The second kappa shape index (κ2) is 8.46. The number of aromatic nitrogens is 3. The van der Waals surface area contributed by atoms with Crippen molar-refractivity contribution >= 4 is 11.9 Å². The fourth-order valence-corrected chi connectivity index (χ4v) is 4.29. The molecule has 2 aromatic heterocycles. The molecule has 1 unspecified atom stereocenters. The van der Waals surface area contributed by atoms with E-state index in [0.29, 0.717) is 13.0 Å². The van der Waals surface area contributed by atoms with Gasteiger partial charge in [0.1, 0.15) is 0 Å². The van der Waals surface area contributed by atoms with Gasteiger partial charge in [0.2, 0.25) is 5.95 Å². The molecule has 2 fully saturated rings. The van der Waals surface area contributed by atoms with Crippen molar-refractivity contribution in [3.05, 3.63) is 82.9 Å². The van der Waals surface area contributed by atoms with E-state index in [1.54, 1.807) is 0 Å². The summed E-state index contributed by atoms with van der Waals surface area (Å²) in [6.45, 7) is 5.56. The number of aryl methyl sites for hydroxylation is 1. The maximum atomic E-state index is 12.9. The van der Waals surface area contributed by atoms with Crippen LogP contribution in [0.5, 0.6) is 0 Å². The predicted octanol–water partition coefficient (Wildman–Crippen LogP) is 3.61. The lowest BCUT2D eigenvalue weighted by Gasteiger charge is -2.31. The molecule has 6 heteroatoms. The summed E-state index contributed by atoms with van der Waals surface area (Å²) in [7, 11) is 0. The Labute approximate surface area is 183 Å². The molecule has 31 heavy (non-hydrogen) atoms. The van der Waals surface area contributed by atoms with Crippen molar-refractivity contribution < 1.29 is 4.79 Å². The number of amides is 1. The summed E-state index contributed by atoms with van der Waals surface area (Å²) in [5, 5.41) is 0. The number of likely N-dealkylation sites (tertiary alicyclic amines) is 1. The number of carbonyl (C=O) groups excluding carboxylic acids is 1. The molecular formula is C25H27N5O. The maximum Gasteiger partial charge on any atom is 0.253 e. The normalized spacial score (nSPS) is 18.2. The Balaban J connectivity index is 1.38. The van der Waals surface area contributed by atoms with Gasteiger partial charge in [-0.25, -0.2) is 9.97 Å². The highest BCUT2D eigenvalue weighted by Gasteiger charge is 2.30. The van der Waals surface area contributed by atoms with E-state index in [0.717, 1.165) is 54.6 Å². The van der Waals surface area contributed by atoms with Crippen LogP contribution in [0.4, 0.5) is 5.95 Å². The Morgan fingerprint density at radius 3 is 2.61 bits per heavy atom. The van der Waals surface area contributed by atoms with Gasteiger partial charge in [0, 0.05) is 56.0 Å². The maximum absolute atomic E-state index is 12.9. The van der Waals surface area contributed by atoms with E-state index in [1.165, 1.54) is 12.0 Å². The number of hydrogen-bond donors (Lipinski definition) is 0.